The van der Waals surface area contributed by atoms with Crippen LogP contribution in [0.2, 0.25) is 5.28 Å². The van der Waals surface area contributed by atoms with Gasteiger partial charge in [-0.15, -0.1) is 0 Å². The molecule has 0 radical (unpaired) electrons. The van der Waals surface area contributed by atoms with Crippen molar-refractivity contribution >= 4 is 11.6 Å². The highest BCUT2D eigenvalue weighted by atomic mass is 35.5. The summed E-state index contributed by atoms with van der Waals surface area (Å²) in [6.45, 7) is 0. The fourth-order valence-corrected chi connectivity index (χ4v) is 1.26. The Hall–Kier alpha value is -1.62. The summed E-state index contributed by atoms with van der Waals surface area (Å²) in [5.41, 5.74) is 0.611. The van der Waals surface area contributed by atoms with Crippen molar-refractivity contribution in [2.75, 3.05) is 0 Å². The molecule has 0 unspecified atom stereocenters. The summed E-state index contributed by atoms with van der Waals surface area (Å²) < 4.78 is 25.6. The number of pyridine rings is 1. The van der Waals surface area contributed by atoms with E-state index in [0.717, 1.165) is 12.1 Å². The molecule has 2 heterocycles. The molecular weight excluding hydrogens is 224 g/mol. The second-order valence-corrected chi connectivity index (χ2v) is 3.05. The Balaban J connectivity index is 2.54. The van der Waals surface area contributed by atoms with Crippen molar-refractivity contribution in [2.24, 2.45) is 0 Å². The van der Waals surface area contributed by atoms with Crippen LogP contribution in [0.25, 0.3) is 11.3 Å². The molecule has 15 heavy (non-hydrogen) atoms. The third-order valence-corrected chi connectivity index (χ3v) is 1.87. The van der Waals surface area contributed by atoms with Crippen LogP contribution < -0.4 is 0 Å². The summed E-state index contributed by atoms with van der Waals surface area (Å²) in [6, 6.07) is 3.64. The summed E-state index contributed by atoms with van der Waals surface area (Å²) in [7, 11) is 0. The van der Waals surface area contributed by atoms with Crippen LogP contribution in [-0.4, -0.2) is 15.0 Å². The molecule has 76 valence electrons. The van der Waals surface area contributed by atoms with E-state index < -0.39 is 11.9 Å². The van der Waals surface area contributed by atoms with Gasteiger partial charge >= 0.3 is 0 Å². The normalized spacial score (nSPS) is 10.3. The molecule has 6 heteroatoms. The van der Waals surface area contributed by atoms with Crippen LogP contribution in [0.4, 0.5) is 8.78 Å². The maximum absolute atomic E-state index is 12.8. The molecule has 0 aliphatic heterocycles. The van der Waals surface area contributed by atoms with Crippen LogP contribution in [-0.2, 0) is 0 Å². The van der Waals surface area contributed by atoms with Crippen molar-refractivity contribution in [3.8, 4) is 11.3 Å². The fourth-order valence-electron chi connectivity index (χ4n) is 1.11. The predicted octanol–water partition coefficient (Wildman–Crippen LogP) is 2.47. The molecule has 0 spiro atoms. The molecule has 0 bridgehead atoms. The molecule has 0 amide bonds. The van der Waals surface area contributed by atoms with E-state index >= 15 is 0 Å². The second kappa shape index (κ2) is 3.86. The van der Waals surface area contributed by atoms with Crippen molar-refractivity contribution in [1.82, 2.24) is 15.0 Å². The smallest absolute Gasteiger partial charge is 0.222 e. The van der Waals surface area contributed by atoms with Gasteiger partial charge in [0.1, 0.15) is 0 Å². The molecule has 2 aromatic rings. The number of halogens is 3. The molecule has 0 fully saturated rings. The van der Waals surface area contributed by atoms with E-state index in [0.29, 0.717) is 5.69 Å². The first kappa shape index (κ1) is 9.92. The molecule has 0 aromatic carbocycles. The highest BCUT2D eigenvalue weighted by molar-refractivity contribution is 6.28. The van der Waals surface area contributed by atoms with E-state index in [1.807, 2.05) is 0 Å². The van der Waals surface area contributed by atoms with E-state index in [-0.39, 0.29) is 10.8 Å². The molecular formula is C9H4ClF2N3. The lowest BCUT2D eigenvalue weighted by atomic mass is 10.2. The molecule has 0 saturated heterocycles. The zero-order valence-corrected chi connectivity index (χ0v) is 8.04. The standard InChI is InChI=1S/C9H4ClF2N3/c10-9-13-2-1-6(14-9)5-3-7(11)15-8(12)4-5/h1-4H. The van der Waals surface area contributed by atoms with E-state index in [2.05, 4.69) is 15.0 Å². The average molecular weight is 228 g/mol. The number of nitrogens with zero attached hydrogens (tertiary/aromatic N) is 3. The summed E-state index contributed by atoms with van der Waals surface area (Å²) in [5.74, 6) is -1.81. The Morgan fingerprint density at radius 1 is 1.07 bits per heavy atom. The van der Waals surface area contributed by atoms with Crippen LogP contribution in [0.1, 0.15) is 0 Å². The average Bonchev–Trinajstić information content (AvgIpc) is 2.16. The van der Waals surface area contributed by atoms with Gasteiger partial charge in [0.2, 0.25) is 17.2 Å². The van der Waals surface area contributed by atoms with Gasteiger partial charge in [-0.1, -0.05) is 0 Å². The van der Waals surface area contributed by atoms with Gasteiger partial charge in [-0.25, -0.2) is 9.97 Å². The minimum atomic E-state index is -0.903. The number of hydrogen-bond donors (Lipinski definition) is 0. The van der Waals surface area contributed by atoms with E-state index in [1.54, 1.807) is 0 Å². The highest BCUT2D eigenvalue weighted by Gasteiger charge is 2.05. The minimum Gasteiger partial charge on any atom is -0.226 e. The molecule has 0 aliphatic rings. The third-order valence-electron chi connectivity index (χ3n) is 1.68. The summed E-state index contributed by atoms with van der Waals surface area (Å²) in [5, 5.41) is 0.0186. The molecule has 0 atom stereocenters. The maximum atomic E-state index is 12.8. The maximum Gasteiger partial charge on any atom is 0.222 e. The molecule has 0 N–H and O–H groups in total. The van der Waals surface area contributed by atoms with Crippen LogP contribution in [0.3, 0.4) is 0 Å². The van der Waals surface area contributed by atoms with Gasteiger partial charge in [0, 0.05) is 23.9 Å². The van der Waals surface area contributed by atoms with Gasteiger partial charge < -0.3 is 0 Å². The largest absolute Gasteiger partial charge is 0.226 e. The van der Waals surface area contributed by atoms with Crippen LogP contribution in [0.5, 0.6) is 0 Å². The topological polar surface area (TPSA) is 38.7 Å². The zero-order valence-electron chi connectivity index (χ0n) is 7.28. The van der Waals surface area contributed by atoms with Crippen molar-refractivity contribution in [2.45, 2.75) is 0 Å². The molecule has 0 aliphatic carbocycles. The predicted molar refractivity (Wildman–Crippen MR) is 50.2 cm³/mol. The monoisotopic (exact) mass is 227 g/mol. The summed E-state index contributed by atoms with van der Waals surface area (Å²) in [4.78, 5) is 10.5. The number of hydrogen-bond acceptors (Lipinski definition) is 3. The van der Waals surface area contributed by atoms with Crippen LogP contribution in [0, 0.1) is 11.9 Å². The molecule has 2 aromatic heterocycles. The van der Waals surface area contributed by atoms with E-state index in [4.69, 9.17) is 11.6 Å². The van der Waals surface area contributed by atoms with Gasteiger partial charge in [-0.3, -0.25) is 0 Å². The van der Waals surface area contributed by atoms with Crippen molar-refractivity contribution in [3.63, 3.8) is 0 Å². The van der Waals surface area contributed by atoms with Gasteiger partial charge in [0.15, 0.2) is 0 Å². The Morgan fingerprint density at radius 3 is 2.33 bits per heavy atom. The van der Waals surface area contributed by atoms with Crippen LogP contribution >= 0.6 is 11.6 Å². The number of aromatic nitrogens is 3. The summed E-state index contributed by atoms with van der Waals surface area (Å²) >= 11 is 5.55. The van der Waals surface area contributed by atoms with Gasteiger partial charge in [0.25, 0.3) is 0 Å². The second-order valence-electron chi connectivity index (χ2n) is 2.71. The zero-order chi connectivity index (χ0) is 10.8. The lowest BCUT2D eigenvalue weighted by molar-refractivity contribution is 0.513. The Kier molecular flexibility index (Phi) is 2.55. The first-order valence-electron chi connectivity index (χ1n) is 3.97. The minimum absolute atomic E-state index is 0.0186. The van der Waals surface area contributed by atoms with E-state index in [9.17, 15) is 8.78 Å². The first-order valence-corrected chi connectivity index (χ1v) is 4.35. The Morgan fingerprint density at radius 2 is 1.73 bits per heavy atom. The Bertz CT molecular complexity index is 484. The van der Waals surface area contributed by atoms with Crippen LogP contribution in [0.15, 0.2) is 24.4 Å². The van der Waals surface area contributed by atoms with Gasteiger partial charge in [-0.2, -0.15) is 13.8 Å². The van der Waals surface area contributed by atoms with Gasteiger partial charge in [0.05, 0.1) is 5.69 Å². The fraction of sp³-hybridized carbons (Fsp3) is 0. The van der Waals surface area contributed by atoms with E-state index in [1.165, 1.54) is 12.3 Å². The highest BCUT2D eigenvalue weighted by Crippen LogP contribution is 2.18. The lowest BCUT2D eigenvalue weighted by Gasteiger charge is -2.00. The SMILES string of the molecule is Fc1cc(-c2ccnc(Cl)n2)cc(F)n1. The molecule has 2 rings (SSSR count). The quantitative estimate of drug-likeness (QED) is 0.555. The molecule has 0 saturated carbocycles. The lowest BCUT2D eigenvalue weighted by Crippen LogP contribution is -1.92. The summed E-state index contributed by atoms with van der Waals surface area (Å²) in [6.07, 6.45) is 1.40. The number of rotatable bonds is 1. The molecule has 3 nitrogen and oxygen atoms in total. The first-order chi connectivity index (χ1) is 7.15. The van der Waals surface area contributed by atoms with Crippen molar-refractivity contribution < 1.29 is 8.78 Å². The Labute approximate surface area is 88.8 Å². The van der Waals surface area contributed by atoms with Crippen molar-refractivity contribution in [1.29, 1.82) is 0 Å². The van der Waals surface area contributed by atoms with Gasteiger partial charge in [-0.05, 0) is 17.7 Å². The third kappa shape index (κ3) is 2.24. The van der Waals surface area contributed by atoms with Crippen molar-refractivity contribution in [3.05, 3.63) is 41.6 Å².